The summed E-state index contributed by atoms with van der Waals surface area (Å²) in [5.74, 6) is 0.407. The monoisotopic (exact) mass is 557 g/mol. The van der Waals surface area contributed by atoms with Crippen LogP contribution in [-0.2, 0) is 24.0 Å². The molecule has 3 N–H and O–H groups in total. The summed E-state index contributed by atoms with van der Waals surface area (Å²) in [5, 5.41) is 18.5. The summed E-state index contributed by atoms with van der Waals surface area (Å²) in [7, 11) is 0. The Morgan fingerprint density at radius 3 is 2.50 bits per heavy atom. The zero-order valence-corrected chi connectivity index (χ0v) is 24.8. The number of rotatable bonds is 10. The zero-order valence-electron chi connectivity index (χ0n) is 24.8. The Morgan fingerprint density at radius 2 is 1.82 bits per heavy atom. The van der Waals surface area contributed by atoms with Crippen molar-refractivity contribution in [1.29, 1.82) is 0 Å². The number of fused-ring (bicyclic) bond motifs is 5. The molecule has 4 rings (SSSR count). The first-order valence-electron chi connectivity index (χ1n) is 15.1. The number of carboxylic acids is 1. The van der Waals surface area contributed by atoms with E-state index in [-0.39, 0.29) is 23.4 Å². The molecule has 3 fully saturated rings. The van der Waals surface area contributed by atoms with E-state index >= 15 is 0 Å². The molecule has 40 heavy (non-hydrogen) atoms. The molecule has 0 aromatic carbocycles. The summed E-state index contributed by atoms with van der Waals surface area (Å²) in [5.41, 5.74) is 2.57. The summed E-state index contributed by atoms with van der Waals surface area (Å²) in [4.78, 5) is 53.7. The number of nitrogens with zero attached hydrogens (tertiary/aromatic N) is 1. The highest BCUT2D eigenvalue weighted by molar-refractivity contribution is 5.96. The lowest BCUT2D eigenvalue weighted by molar-refractivity contribution is -0.142. The summed E-state index contributed by atoms with van der Waals surface area (Å²) in [6.07, 6.45) is 11.6. The number of allylic oxidation sites excluding steroid dienone is 2. The highest BCUT2D eigenvalue weighted by Crippen LogP contribution is 2.66. The van der Waals surface area contributed by atoms with Crippen molar-refractivity contribution in [1.82, 2.24) is 10.6 Å². The summed E-state index contributed by atoms with van der Waals surface area (Å²) in [6, 6.07) is -1.87. The molecule has 222 valence electrons. The number of hydrogen-bond donors (Lipinski definition) is 3. The molecule has 2 amide bonds. The number of aliphatic carboxylic acids is 1. The lowest BCUT2D eigenvalue weighted by Gasteiger charge is -2.58. The largest absolute Gasteiger partial charge is 0.480 e. The first-order chi connectivity index (χ1) is 18.9. The third kappa shape index (κ3) is 5.84. The van der Waals surface area contributed by atoms with E-state index in [1.807, 2.05) is 6.92 Å². The zero-order chi connectivity index (χ0) is 29.2. The molecule has 0 aromatic heterocycles. The second-order valence-electron chi connectivity index (χ2n) is 13.1. The Balaban J connectivity index is 1.31. The Morgan fingerprint density at radius 1 is 1.07 bits per heavy atom. The second kappa shape index (κ2) is 12.0. The van der Waals surface area contributed by atoms with Gasteiger partial charge in [0.15, 0.2) is 6.61 Å². The van der Waals surface area contributed by atoms with Gasteiger partial charge in [0, 0.05) is 5.92 Å². The summed E-state index contributed by atoms with van der Waals surface area (Å²) >= 11 is 0. The minimum absolute atomic E-state index is 0.142. The van der Waals surface area contributed by atoms with Crippen LogP contribution in [0.3, 0.4) is 0 Å². The van der Waals surface area contributed by atoms with Crippen molar-refractivity contribution in [2.45, 2.75) is 111 Å². The van der Waals surface area contributed by atoms with E-state index < -0.39 is 29.9 Å². The van der Waals surface area contributed by atoms with Crippen molar-refractivity contribution in [2.75, 3.05) is 6.61 Å². The van der Waals surface area contributed by atoms with Gasteiger partial charge in [0.05, 0.1) is 5.71 Å². The molecule has 0 aliphatic heterocycles. The average Bonchev–Trinajstić information content (AvgIpc) is 3.26. The normalized spacial score (nSPS) is 35.3. The minimum atomic E-state index is -1.10. The fourth-order valence-electron chi connectivity index (χ4n) is 8.68. The number of carboxylic acid groups (broad SMARTS) is 1. The number of hydrogen-bond acceptors (Lipinski definition) is 6. The predicted molar refractivity (Wildman–Crippen MR) is 151 cm³/mol. The van der Waals surface area contributed by atoms with Crippen molar-refractivity contribution >= 4 is 29.3 Å². The second-order valence-corrected chi connectivity index (χ2v) is 13.1. The molecule has 0 radical (unpaired) electrons. The Bertz CT molecular complexity index is 1080. The molecule has 9 nitrogen and oxygen atoms in total. The lowest BCUT2D eigenvalue weighted by Crippen LogP contribution is -2.51. The van der Waals surface area contributed by atoms with Crippen LogP contribution in [-0.4, -0.2) is 53.1 Å². The van der Waals surface area contributed by atoms with Crippen molar-refractivity contribution in [3.63, 3.8) is 0 Å². The van der Waals surface area contributed by atoms with E-state index in [2.05, 4.69) is 35.7 Å². The van der Waals surface area contributed by atoms with E-state index in [4.69, 9.17) is 4.84 Å². The maximum absolute atomic E-state index is 12.4. The van der Waals surface area contributed by atoms with Gasteiger partial charge in [-0.3, -0.25) is 14.4 Å². The first-order valence-corrected chi connectivity index (χ1v) is 15.1. The van der Waals surface area contributed by atoms with E-state index in [1.165, 1.54) is 25.3 Å². The maximum atomic E-state index is 12.4. The molecule has 0 spiro atoms. The fourth-order valence-corrected chi connectivity index (χ4v) is 8.68. The van der Waals surface area contributed by atoms with Crippen LogP contribution in [0.1, 0.15) is 98.8 Å². The number of amides is 2. The predicted octanol–water partition coefficient (Wildman–Crippen LogP) is 4.40. The van der Waals surface area contributed by atoms with Gasteiger partial charge in [-0.15, -0.1) is 0 Å². The Hall–Kier alpha value is -2.71. The first kappa shape index (κ1) is 30.3. The number of ketones is 1. The van der Waals surface area contributed by atoms with E-state index in [0.29, 0.717) is 36.4 Å². The minimum Gasteiger partial charge on any atom is -0.480 e. The maximum Gasteiger partial charge on any atom is 0.326 e. The third-order valence-corrected chi connectivity index (χ3v) is 10.8. The molecular formula is C31H47N3O6. The Kier molecular flexibility index (Phi) is 9.10. The van der Waals surface area contributed by atoms with Gasteiger partial charge in [-0.1, -0.05) is 37.9 Å². The highest BCUT2D eigenvalue weighted by Gasteiger charge is 2.59. The van der Waals surface area contributed by atoms with Crippen LogP contribution in [0.15, 0.2) is 16.8 Å². The number of Topliss-reactive ketones (excluding diaryl/α,β-unsaturated/α-hetero) is 1. The quantitative estimate of drug-likeness (QED) is 0.341. The lowest BCUT2D eigenvalue weighted by atomic mass is 9.46. The van der Waals surface area contributed by atoms with Crippen LogP contribution in [0.25, 0.3) is 0 Å². The number of carbonyl (C=O) groups excluding carboxylic acids is 3. The number of nitrogens with one attached hydrogen (secondary N) is 2. The van der Waals surface area contributed by atoms with Gasteiger partial charge in [0.25, 0.3) is 5.91 Å². The molecule has 0 saturated heterocycles. The van der Waals surface area contributed by atoms with Crippen LogP contribution >= 0.6 is 0 Å². The standard InChI is InChI=1S/C31H47N3O6/c1-6-7-26(29(38)39)33-28(37)18(2)32-27(36)17-40-34-21-12-14-30(4)20(16-21)8-9-22-24-11-10-23(19(3)35)31(24,5)15-13-25(22)30/h16,18,22-26H,6-15,17H2,1-5H3,(H,32,36)(H,33,37)(H,38,39)/b34-21+/t18-,22+,23-,24-,25-,26-,30+,31-/m1/s1. The van der Waals surface area contributed by atoms with E-state index in [9.17, 15) is 24.3 Å². The van der Waals surface area contributed by atoms with Gasteiger partial charge >= 0.3 is 5.97 Å². The van der Waals surface area contributed by atoms with Crippen LogP contribution < -0.4 is 10.6 Å². The van der Waals surface area contributed by atoms with Gasteiger partial charge in [0.1, 0.15) is 17.9 Å². The van der Waals surface area contributed by atoms with Crippen LogP contribution in [0, 0.1) is 34.5 Å². The molecule has 4 aliphatic carbocycles. The molecule has 4 aliphatic rings. The van der Waals surface area contributed by atoms with Crippen molar-refractivity contribution in [2.24, 2.45) is 39.7 Å². The van der Waals surface area contributed by atoms with E-state index in [0.717, 1.165) is 44.2 Å². The van der Waals surface area contributed by atoms with Crippen molar-refractivity contribution < 1.29 is 29.1 Å². The van der Waals surface area contributed by atoms with Gasteiger partial charge in [-0.25, -0.2) is 4.79 Å². The van der Waals surface area contributed by atoms with Crippen LogP contribution in [0.4, 0.5) is 0 Å². The molecule has 0 heterocycles. The smallest absolute Gasteiger partial charge is 0.326 e. The number of oxime groups is 1. The van der Waals surface area contributed by atoms with Crippen LogP contribution in [0.5, 0.6) is 0 Å². The molecule has 8 atom stereocenters. The third-order valence-electron chi connectivity index (χ3n) is 10.8. The van der Waals surface area contributed by atoms with Gasteiger partial charge in [0.2, 0.25) is 5.91 Å². The molecule has 3 saturated carbocycles. The fraction of sp³-hybridized carbons (Fsp3) is 0.774. The highest BCUT2D eigenvalue weighted by atomic mass is 16.6. The Labute approximate surface area is 237 Å². The van der Waals surface area contributed by atoms with Crippen LogP contribution in [0.2, 0.25) is 0 Å². The van der Waals surface area contributed by atoms with Gasteiger partial charge in [-0.2, -0.15) is 0 Å². The van der Waals surface area contributed by atoms with Gasteiger partial charge in [-0.05, 0) is 106 Å². The van der Waals surface area contributed by atoms with Crippen molar-refractivity contribution in [3.8, 4) is 0 Å². The average molecular weight is 558 g/mol. The molecule has 9 heteroatoms. The topological polar surface area (TPSA) is 134 Å². The van der Waals surface area contributed by atoms with Gasteiger partial charge < -0.3 is 20.6 Å². The SMILES string of the molecule is CCC[C@@H](NC(=O)[C@@H](C)NC(=O)CO/N=C1/C=C2CC[C@H]3[C@H]4CC[C@H](C(C)=O)[C@@]4(C)CC[C@H]3[C@@]2(C)CC1)C(=O)O. The van der Waals surface area contributed by atoms with E-state index in [1.54, 1.807) is 6.92 Å². The molecule has 0 unspecified atom stereocenters. The summed E-state index contributed by atoms with van der Waals surface area (Å²) < 4.78 is 0. The molecule has 0 bridgehead atoms. The number of carbonyl (C=O) groups is 4. The van der Waals surface area contributed by atoms with Crippen molar-refractivity contribution in [3.05, 3.63) is 11.6 Å². The molecule has 0 aromatic rings. The summed E-state index contributed by atoms with van der Waals surface area (Å²) in [6.45, 7) is 9.61. The molecular weight excluding hydrogens is 510 g/mol.